The van der Waals surface area contributed by atoms with E-state index in [1.807, 2.05) is 33.6 Å². The highest BCUT2D eigenvalue weighted by Gasteiger charge is 2.59. The van der Waals surface area contributed by atoms with Crippen molar-refractivity contribution in [2.24, 2.45) is 5.73 Å². The van der Waals surface area contributed by atoms with Gasteiger partial charge in [0.1, 0.15) is 41.5 Å². The zero-order chi connectivity index (χ0) is 25.9. The molecule has 37 heavy (non-hydrogen) atoms. The van der Waals surface area contributed by atoms with Crippen LogP contribution in [0.15, 0.2) is 55.0 Å². The maximum atomic E-state index is 15.9. The van der Waals surface area contributed by atoms with Gasteiger partial charge in [-0.25, -0.2) is 23.1 Å². The summed E-state index contributed by atoms with van der Waals surface area (Å²) < 4.78 is 43.1. The molecule has 2 aliphatic heterocycles. The first kappa shape index (κ1) is 24.0. The molecule has 0 bridgehead atoms. The molecule has 0 radical (unpaired) electrons. The molecule has 0 spiro atoms. The summed E-state index contributed by atoms with van der Waals surface area (Å²) in [6.45, 7) is -0.0284. The molecule has 11 heteroatoms. The maximum Gasteiger partial charge on any atom is 0.247 e. The van der Waals surface area contributed by atoms with Crippen molar-refractivity contribution < 1.29 is 18.0 Å². The van der Waals surface area contributed by atoms with Crippen LogP contribution in [-0.2, 0) is 4.79 Å². The molecule has 0 unspecified atom stereocenters. The number of hydrogen-bond acceptors (Lipinski definition) is 6. The van der Waals surface area contributed by atoms with E-state index in [1.54, 1.807) is 23.1 Å². The van der Waals surface area contributed by atoms with Crippen LogP contribution in [0.2, 0.25) is 0 Å². The fourth-order valence-electron chi connectivity index (χ4n) is 5.45. The summed E-state index contributed by atoms with van der Waals surface area (Å²) in [5.41, 5.74) is 6.28. The molecule has 0 aliphatic carbocycles. The number of nitrogens with zero attached hydrogens (tertiary/aromatic N) is 5. The molecule has 2 aromatic carbocycles. The first-order valence-electron chi connectivity index (χ1n) is 11.6. The first-order chi connectivity index (χ1) is 17.8. The van der Waals surface area contributed by atoms with E-state index >= 15 is 4.39 Å². The number of allylic oxidation sites excluding steroid dienone is 1. The SMILES string of the molecule is N[C@@]12CN(c3ncnc4c(F)c(-c5cccc6ccc(F)c(I)c56)ncc34)[C@@H]1CCN2C(=O)/C=C/CF. The molecule has 7 nitrogen and oxygen atoms in total. The summed E-state index contributed by atoms with van der Waals surface area (Å²) in [5, 5.41) is 1.76. The van der Waals surface area contributed by atoms with E-state index in [4.69, 9.17) is 5.73 Å². The molecule has 0 saturated carbocycles. The summed E-state index contributed by atoms with van der Waals surface area (Å²) in [7, 11) is 0. The van der Waals surface area contributed by atoms with Crippen LogP contribution in [0.3, 0.4) is 0 Å². The minimum absolute atomic E-state index is 0.0698. The van der Waals surface area contributed by atoms with Crippen molar-refractivity contribution in [2.45, 2.75) is 18.1 Å². The molecule has 2 atom stereocenters. The zero-order valence-corrected chi connectivity index (χ0v) is 21.5. The fraction of sp³-hybridized carbons (Fsp3) is 0.231. The second-order valence-corrected chi connectivity index (χ2v) is 10.2. The van der Waals surface area contributed by atoms with Gasteiger partial charge in [0, 0.05) is 29.8 Å². The molecule has 1 amide bonds. The van der Waals surface area contributed by atoms with Crippen molar-refractivity contribution in [2.75, 3.05) is 24.7 Å². The molecule has 2 aromatic heterocycles. The quantitative estimate of drug-likeness (QED) is 0.272. The number of likely N-dealkylation sites (tertiary alicyclic amines) is 1. The Balaban J connectivity index is 1.40. The van der Waals surface area contributed by atoms with Crippen LogP contribution in [0.25, 0.3) is 32.9 Å². The van der Waals surface area contributed by atoms with E-state index in [9.17, 15) is 13.6 Å². The van der Waals surface area contributed by atoms with Crippen LogP contribution in [0.4, 0.5) is 19.0 Å². The lowest BCUT2D eigenvalue weighted by Gasteiger charge is -2.55. The number of benzene rings is 2. The van der Waals surface area contributed by atoms with Gasteiger partial charge in [-0.05, 0) is 46.5 Å². The van der Waals surface area contributed by atoms with Gasteiger partial charge in [-0.2, -0.15) is 0 Å². The van der Waals surface area contributed by atoms with Crippen molar-refractivity contribution in [3.8, 4) is 11.3 Å². The third-order valence-corrected chi connectivity index (χ3v) is 8.24. The number of fused-ring (bicyclic) bond motifs is 3. The Morgan fingerprint density at radius 2 is 2.05 bits per heavy atom. The maximum absolute atomic E-state index is 15.9. The van der Waals surface area contributed by atoms with Crippen LogP contribution in [-0.4, -0.2) is 57.2 Å². The van der Waals surface area contributed by atoms with Crippen LogP contribution in [0, 0.1) is 15.2 Å². The molecule has 4 heterocycles. The minimum atomic E-state index is -0.926. The van der Waals surface area contributed by atoms with Gasteiger partial charge in [-0.15, -0.1) is 0 Å². The number of pyridine rings is 1. The van der Waals surface area contributed by atoms with Crippen LogP contribution >= 0.6 is 22.6 Å². The van der Waals surface area contributed by atoms with Gasteiger partial charge in [0.25, 0.3) is 0 Å². The number of nitrogens with two attached hydrogens (primary N) is 1. The van der Waals surface area contributed by atoms with E-state index < -0.39 is 24.0 Å². The second kappa shape index (κ2) is 8.91. The molecule has 2 aliphatic rings. The molecule has 188 valence electrons. The Labute approximate surface area is 223 Å². The number of carbonyl (C=O) groups is 1. The smallest absolute Gasteiger partial charge is 0.247 e. The van der Waals surface area contributed by atoms with Gasteiger partial charge < -0.3 is 15.5 Å². The van der Waals surface area contributed by atoms with E-state index in [2.05, 4.69) is 15.0 Å². The van der Waals surface area contributed by atoms with Gasteiger partial charge in [0.15, 0.2) is 5.82 Å². The number of hydrogen-bond donors (Lipinski definition) is 1. The topological polar surface area (TPSA) is 88.2 Å². The Morgan fingerprint density at radius 1 is 1.22 bits per heavy atom. The number of anilines is 1. The summed E-state index contributed by atoms with van der Waals surface area (Å²) in [5.74, 6) is -0.888. The Morgan fingerprint density at radius 3 is 2.86 bits per heavy atom. The highest BCUT2D eigenvalue weighted by Crippen LogP contribution is 2.43. The van der Waals surface area contributed by atoms with Crippen molar-refractivity contribution in [1.29, 1.82) is 0 Å². The van der Waals surface area contributed by atoms with Gasteiger partial charge >= 0.3 is 0 Å². The lowest BCUT2D eigenvalue weighted by Crippen LogP contribution is -2.78. The number of halogens is 4. The summed E-state index contributed by atoms with van der Waals surface area (Å²) >= 11 is 1.92. The highest BCUT2D eigenvalue weighted by atomic mass is 127. The largest absolute Gasteiger partial charge is 0.345 e. The number of alkyl halides is 1. The van der Waals surface area contributed by atoms with E-state index in [-0.39, 0.29) is 29.7 Å². The standard InChI is InChI=1S/C26H20F3IN6O/c27-9-2-5-19(37)36-10-8-18-26(36,31)12-35(18)25-16-11-32-23(21(29)24(16)33-13-34-25)15-4-1-3-14-6-7-17(28)22(30)20(14)15/h1-7,11,13,18H,8-10,12,31H2/b5-2+/t18-,26-/m1/s1. The van der Waals surface area contributed by atoms with E-state index in [0.717, 1.165) is 11.5 Å². The van der Waals surface area contributed by atoms with Crippen molar-refractivity contribution >= 4 is 56.0 Å². The molecule has 4 aromatic rings. The fourth-order valence-corrected chi connectivity index (χ4v) is 6.23. The van der Waals surface area contributed by atoms with Gasteiger partial charge in [0.2, 0.25) is 5.91 Å². The van der Waals surface area contributed by atoms with E-state index in [0.29, 0.717) is 38.7 Å². The molecular weight excluding hydrogens is 596 g/mol. The lowest BCUT2D eigenvalue weighted by atomic mass is 9.89. The summed E-state index contributed by atoms with van der Waals surface area (Å²) in [4.78, 5) is 29.0. The van der Waals surface area contributed by atoms with Gasteiger partial charge in [-0.3, -0.25) is 9.78 Å². The van der Waals surface area contributed by atoms with Crippen molar-refractivity contribution in [3.63, 3.8) is 0 Å². The first-order valence-corrected chi connectivity index (χ1v) is 12.7. The van der Waals surface area contributed by atoms with Crippen molar-refractivity contribution in [3.05, 3.63) is 70.2 Å². The predicted octanol–water partition coefficient (Wildman–Crippen LogP) is 4.33. The highest BCUT2D eigenvalue weighted by molar-refractivity contribution is 14.1. The Kier molecular flexibility index (Phi) is 5.79. The Hall–Kier alpha value is -3.32. The third kappa shape index (κ3) is 3.58. The lowest BCUT2D eigenvalue weighted by molar-refractivity contribution is -0.131. The van der Waals surface area contributed by atoms with Crippen LogP contribution in [0.1, 0.15) is 6.42 Å². The van der Waals surface area contributed by atoms with Gasteiger partial charge in [0.05, 0.1) is 21.5 Å². The second-order valence-electron chi connectivity index (χ2n) is 9.12. The number of rotatable bonds is 4. The van der Waals surface area contributed by atoms with E-state index in [1.165, 1.54) is 24.7 Å². The summed E-state index contributed by atoms with van der Waals surface area (Å²) in [6, 6.07) is 8.13. The Bertz CT molecular complexity index is 1610. The molecular formula is C26H20F3IN6O. The average Bonchev–Trinajstić information content (AvgIpc) is 3.15. The minimum Gasteiger partial charge on any atom is -0.345 e. The number of carbonyl (C=O) groups excluding carboxylic acids is 1. The molecule has 2 fully saturated rings. The van der Waals surface area contributed by atoms with Crippen molar-refractivity contribution in [1.82, 2.24) is 19.9 Å². The third-order valence-electron chi connectivity index (χ3n) is 7.18. The monoisotopic (exact) mass is 616 g/mol. The zero-order valence-electron chi connectivity index (χ0n) is 19.3. The normalized spacial score (nSPS) is 21.2. The van der Waals surface area contributed by atoms with Gasteiger partial charge in [-0.1, -0.05) is 24.3 Å². The average molecular weight is 616 g/mol. The van der Waals surface area contributed by atoms with Crippen LogP contribution < -0.4 is 10.6 Å². The van der Waals surface area contributed by atoms with Crippen LogP contribution in [0.5, 0.6) is 0 Å². The number of amides is 1. The molecule has 6 rings (SSSR count). The predicted molar refractivity (Wildman–Crippen MR) is 142 cm³/mol. The molecule has 2 saturated heterocycles. The summed E-state index contributed by atoms with van der Waals surface area (Å²) in [6.07, 6.45) is 5.75. The molecule has 2 N–H and O–H groups in total. The number of aromatic nitrogens is 3.